The molecule has 2 aliphatic heterocycles. The summed E-state index contributed by atoms with van der Waals surface area (Å²) in [7, 11) is 0. The SMILES string of the molecule is O=C(CCS)NCC1CN(c2ccc(N3CCOCC3)c(F)c2)C(=O)O1. The number of halogens is 1. The van der Waals surface area contributed by atoms with Crippen LogP contribution in [0.15, 0.2) is 18.2 Å². The molecule has 2 heterocycles. The summed E-state index contributed by atoms with van der Waals surface area (Å²) in [6, 6.07) is 4.72. The monoisotopic (exact) mass is 383 g/mol. The van der Waals surface area contributed by atoms with Gasteiger partial charge < -0.3 is 19.7 Å². The van der Waals surface area contributed by atoms with E-state index in [-0.39, 0.29) is 24.8 Å². The van der Waals surface area contributed by atoms with Gasteiger partial charge in [0.05, 0.1) is 37.7 Å². The van der Waals surface area contributed by atoms with Gasteiger partial charge in [-0.1, -0.05) is 0 Å². The molecule has 1 N–H and O–H groups in total. The molecule has 1 aromatic carbocycles. The third kappa shape index (κ3) is 4.39. The van der Waals surface area contributed by atoms with E-state index in [0.29, 0.717) is 49.9 Å². The van der Waals surface area contributed by atoms with E-state index in [1.807, 2.05) is 4.90 Å². The predicted molar refractivity (Wildman–Crippen MR) is 98.5 cm³/mol. The van der Waals surface area contributed by atoms with Crippen molar-refractivity contribution in [1.82, 2.24) is 5.32 Å². The number of amides is 2. The molecule has 0 bridgehead atoms. The quantitative estimate of drug-likeness (QED) is 0.727. The molecule has 3 rings (SSSR count). The number of hydrogen-bond donors (Lipinski definition) is 2. The molecule has 0 aliphatic carbocycles. The van der Waals surface area contributed by atoms with E-state index in [9.17, 15) is 14.0 Å². The number of benzene rings is 1. The second kappa shape index (κ2) is 8.59. The Morgan fingerprint density at radius 3 is 2.81 bits per heavy atom. The van der Waals surface area contributed by atoms with Gasteiger partial charge in [-0.15, -0.1) is 0 Å². The van der Waals surface area contributed by atoms with Crippen LogP contribution < -0.4 is 15.1 Å². The summed E-state index contributed by atoms with van der Waals surface area (Å²) in [4.78, 5) is 26.9. The van der Waals surface area contributed by atoms with Crippen LogP contribution in [0, 0.1) is 5.82 Å². The molecule has 2 saturated heterocycles. The van der Waals surface area contributed by atoms with Gasteiger partial charge in [0.2, 0.25) is 5.91 Å². The lowest BCUT2D eigenvalue weighted by molar-refractivity contribution is -0.121. The van der Waals surface area contributed by atoms with Crippen LogP contribution >= 0.6 is 12.6 Å². The number of hydrogen-bond acceptors (Lipinski definition) is 6. The maximum atomic E-state index is 14.5. The Kier molecular flexibility index (Phi) is 6.20. The molecule has 7 nitrogen and oxygen atoms in total. The minimum Gasteiger partial charge on any atom is -0.442 e. The van der Waals surface area contributed by atoms with Crippen molar-refractivity contribution in [2.24, 2.45) is 0 Å². The molecular weight excluding hydrogens is 361 g/mol. The highest BCUT2D eigenvalue weighted by Gasteiger charge is 2.33. The Morgan fingerprint density at radius 1 is 1.35 bits per heavy atom. The van der Waals surface area contributed by atoms with Gasteiger partial charge in [0, 0.05) is 19.5 Å². The van der Waals surface area contributed by atoms with Crippen LogP contribution in [0.3, 0.4) is 0 Å². The third-order valence-corrected chi connectivity index (χ3v) is 4.56. The van der Waals surface area contributed by atoms with E-state index in [1.165, 1.54) is 11.0 Å². The van der Waals surface area contributed by atoms with E-state index >= 15 is 0 Å². The van der Waals surface area contributed by atoms with Crippen molar-refractivity contribution in [3.05, 3.63) is 24.0 Å². The molecule has 26 heavy (non-hydrogen) atoms. The van der Waals surface area contributed by atoms with E-state index in [4.69, 9.17) is 9.47 Å². The topological polar surface area (TPSA) is 71.1 Å². The summed E-state index contributed by atoms with van der Waals surface area (Å²) < 4.78 is 25.1. The molecule has 1 aromatic rings. The predicted octanol–water partition coefficient (Wildman–Crippen LogP) is 1.42. The van der Waals surface area contributed by atoms with Crippen molar-refractivity contribution < 1.29 is 23.5 Å². The number of rotatable bonds is 6. The molecule has 2 amide bonds. The number of carbonyl (C=O) groups excluding carboxylic acids is 2. The molecule has 2 fully saturated rings. The second-order valence-electron chi connectivity index (χ2n) is 6.13. The number of nitrogens with zero attached hydrogens (tertiary/aromatic N) is 2. The summed E-state index contributed by atoms with van der Waals surface area (Å²) in [6.45, 7) is 2.90. The van der Waals surface area contributed by atoms with Gasteiger partial charge in [-0.05, 0) is 24.0 Å². The van der Waals surface area contributed by atoms with Crippen LogP contribution in [0.2, 0.25) is 0 Å². The van der Waals surface area contributed by atoms with E-state index in [1.54, 1.807) is 12.1 Å². The van der Waals surface area contributed by atoms with Crippen molar-refractivity contribution >= 4 is 36.0 Å². The standard InChI is InChI=1S/C17H22FN3O4S/c18-14-9-12(1-2-15(14)20-4-6-24-7-5-20)21-11-13(25-17(21)23)10-19-16(22)3-8-26/h1-2,9,13,26H,3-8,10-11H2,(H,19,22). The van der Waals surface area contributed by atoms with Crippen LogP contribution in [0.25, 0.3) is 0 Å². The third-order valence-electron chi connectivity index (χ3n) is 4.33. The van der Waals surface area contributed by atoms with Crippen LogP contribution in [0.1, 0.15) is 6.42 Å². The van der Waals surface area contributed by atoms with Gasteiger partial charge in [-0.25, -0.2) is 9.18 Å². The maximum Gasteiger partial charge on any atom is 0.414 e. The largest absolute Gasteiger partial charge is 0.442 e. The first-order valence-corrected chi connectivity index (χ1v) is 9.19. The van der Waals surface area contributed by atoms with Gasteiger partial charge >= 0.3 is 6.09 Å². The normalized spacial score (nSPS) is 20.2. The summed E-state index contributed by atoms with van der Waals surface area (Å²) in [5.74, 6) is -0.0740. The number of morpholine rings is 1. The van der Waals surface area contributed by atoms with Gasteiger partial charge in [-0.3, -0.25) is 9.69 Å². The first-order chi connectivity index (χ1) is 12.6. The molecule has 0 spiro atoms. The number of nitrogens with one attached hydrogen (secondary N) is 1. The summed E-state index contributed by atoms with van der Waals surface area (Å²) in [5, 5.41) is 2.70. The van der Waals surface area contributed by atoms with Crippen molar-refractivity contribution in [1.29, 1.82) is 0 Å². The molecule has 0 radical (unpaired) electrons. The first kappa shape index (κ1) is 18.8. The zero-order chi connectivity index (χ0) is 18.5. The van der Waals surface area contributed by atoms with Crippen LogP contribution in [-0.4, -0.2) is 63.3 Å². The fourth-order valence-electron chi connectivity index (χ4n) is 2.98. The van der Waals surface area contributed by atoms with Crippen molar-refractivity contribution in [3.8, 4) is 0 Å². The Hall–Kier alpha value is -2.00. The number of carbonyl (C=O) groups is 2. The number of anilines is 2. The molecule has 0 saturated carbocycles. The molecule has 142 valence electrons. The fourth-order valence-corrected chi connectivity index (χ4v) is 3.18. The van der Waals surface area contributed by atoms with Gasteiger partial charge in [0.1, 0.15) is 11.9 Å². The molecular formula is C17H22FN3O4S. The first-order valence-electron chi connectivity index (χ1n) is 8.56. The maximum absolute atomic E-state index is 14.5. The Labute approximate surface area is 156 Å². The van der Waals surface area contributed by atoms with Gasteiger partial charge in [0.15, 0.2) is 0 Å². The zero-order valence-electron chi connectivity index (χ0n) is 14.3. The Balaban J connectivity index is 1.62. The van der Waals surface area contributed by atoms with Crippen molar-refractivity contribution in [2.45, 2.75) is 12.5 Å². The smallest absolute Gasteiger partial charge is 0.414 e. The average Bonchev–Trinajstić information content (AvgIpc) is 3.02. The fraction of sp³-hybridized carbons (Fsp3) is 0.529. The lowest BCUT2D eigenvalue weighted by Crippen LogP contribution is -2.37. The second-order valence-corrected chi connectivity index (χ2v) is 6.58. The van der Waals surface area contributed by atoms with Gasteiger partial charge in [0.25, 0.3) is 0 Å². The lowest BCUT2D eigenvalue weighted by atomic mass is 10.2. The van der Waals surface area contributed by atoms with E-state index in [0.717, 1.165) is 0 Å². The Morgan fingerprint density at radius 2 is 2.12 bits per heavy atom. The number of cyclic esters (lactones) is 1. The molecule has 1 atom stereocenters. The molecule has 1 unspecified atom stereocenters. The van der Waals surface area contributed by atoms with Gasteiger partial charge in [-0.2, -0.15) is 12.6 Å². The highest BCUT2D eigenvalue weighted by Crippen LogP contribution is 2.28. The molecule has 0 aromatic heterocycles. The lowest BCUT2D eigenvalue weighted by Gasteiger charge is -2.29. The highest BCUT2D eigenvalue weighted by molar-refractivity contribution is 7.80. The Bertz CT molecular complexity index is 669. The highest BCUT2D eigenvalue weighted by atomic mass is 32.1. The minimum atomic E-state index is -0.544. The van der Waals surface area contributed by atoms with E-state index < -0.39 is 12.2 Å². The molecule has 9 heteroatoms. The van der Waals surface area contributed by atoms with Crippen molar-refractivity contribution in [3.63, 3.8) is 0 Å². The number of thiol groups is 1. The average molecular weight is 383 g/mol. The van der Waals surface area contributed by atoms with E-state index in [2.05, 4.69) is 17.9 Å². The minimum absolute atomic E-state index is 0.143. The molecule has 2 aliphatic rings. The zero-order valence-corrected chi connectivity index (χ0v) is 15.2. The summed E-state index contributed by atoms with van der Waals surface area (Å²) >= 11 is 3.99. The summed E-state index contributed by atoms with van der Waals surface area (Å²) in [6.07, 6.45) is -0.702. The van der Waals surface area contributed by atoms with Crippen molar-refractivity contribution in [2.75, 3.05) is 54.9 Å². The van der Waals surface area contributed by atoms with Crippen LogP contribution in [-0.2, 0) is 14.3 Å². The van der Waals surface area contributed by atoms with Crippen LogP contribution in [0.4, 0.5) is 20.6 Å². The number of ether oxygens (including phenoxy) is 2. The van der Waals surface area contributed by atoms with Crippen LogP contribution in [0.5, 0.6) is 0 Å². The summed E-state index contributed by atoms with van der Waals surface area (Å²) in [5.41, 5.74) is 0.939.